The predicted octanol–water partition coefficient (Wildman–Crippen LogP) is 4.84. The van der Waals surface area contributed by atoms with E-state index in [1.54, 1.807) is 42.5 Å². The monoisotopic (exact) mass is 542 g/mol. The minimum Gasteiger partial charge on any atom is -0.487 e. The molecule has 2 amide bonds. The Hall–Kier alpha value is -4.42. The van der Waals surface area contributed by atoms with E-state index in [9.17, 15) is 17.1 Å². The van der Waals surface area contributed by atoms with Gasteiger partial charge in [-0.3, -0.25) is 0 Å². The van der Waals surface area contributed by atoms with Gasteiger partial charge in [0.1, 0.15) is 23.1 Å². The van der Waals surface area contributed by atoms with Crippen LogP contribution in [0.4, 0.5) is 31.8 Å². The highest BCUT2D eigenvalue weighted by atomic mass is 35.5. The number of amides is 2. The second-order valence-electron chi connectivity index (χ2n) is 7.66. The van der Waals surface area contributed by atoms with E-state index in [1.807, 2.05) is 6.07 Å². The fraction of sp³-hybridized carbons (Fsp3) is 0.0417. The summed E-state index contributed by atoms with van der Waals surface area (Å²) in [5, 5.41) is 5.55. The third-order valence-corrected chi connectivity index (χ3v) is 6.06. The Kier molecular flexibility index (Phi) is 7.41. The number of ether oxygens (including phenoxy) is 1. The van der Waals surface area contributed by atoms with Gasteiger partial charge in [-0.25, -0.2) is 9.78 Å². The molecule has 0 saturated carbocycles. The summed E-state index contributed by atoms with van der Waals surface area (Å²) in [7, 11) is -4.89. The van der Waals surface area contributed by atoms with Crippen LogP contribution in [-0.4, -0.2) is 24.4 Å². The maximum absolute atomic E-state index is 13.2. The van der Waals surface area contributed by atoms with E-state index in [4.69, 9.17) is 27.8 Å². The first-order valence-electron chi connectivity index (χ1n) is 10.6. The van der Waals surface area contributed by atoms with Crippen molar-refractivity contribution in [2.24, 2.45) is 0 Å². The van der Waals surface area contributed by atoms with Gasteiger partial charge in [0, 0.05) is 22.0 Å². The van der Waals surface area contributed by atoms with Crippen molar-refractivity contribution in [3.63, 3.8) is 0 Å². The van der Waals surface area contributed by atoms with Crippen LogP contribution >= 0.6 is 11.6 Å². The van der Waals surface area contributed by atoms with Gasteiger partial charge in [0.05, 0.1) is 5.69 Å². The molecule has 13 heteroatoms. The lowest BCUT2D eigenvalue weighted by Crippen LogP contribution is -2.19. The third-order valence-electron chi connectivity index (χ3n) is 5.00. The highest BCUT2D eigenvalue weighted by Gasteiger charge is 2.15. The summed E-state index contributed by atoms with van der Waals surface area (Å²) in [6, 6.07) is 17.7. The molecule has 6 N–H and O–H groups in total. The highest BCUT2D eigenvalue weighted by molar-refractivity contribution is 7.86. The van der Waals surface area contributed by atoms with Crippen LogP contribution in [0, 0.1) is 0 Å². The van der Waals surface area contributed by atoms with Crippen LogP contribution in [0.3, 0.4) is 0 Å². The van der Waals surface area contributed by atoms with Crippen molar-refractivity contribution in [1.82, 2.24) is 9.97 Å². The predicted molar refractivity (Wildman–Crippen MR) is 139 cm³/mol. The van der Waals surface area contributed by atoms with E-state index in [0.717, 1.165) is 12.1 Å². The number of anilines is 4. The number of hydrogen-bond acceptors (Lipinski definition) is 8. The molecule has 0 aliphatic carbocycles. The van der Waals surface area contributed by atoms with Crippen LogP contribution in [0.2, 0.25) is 5.02 Å². The summed E-state index contributed by atoms with van der Waals surface area (Å²) >= 11 is 6.11. The van der Waals surface area contributed by atoms with E-state index >= 15 is 0 Å². The number of urea groups is 1. The number of nitrogens with zero attached hydrogens (tertiary/aromatic N) is 2. The zero-order valence-electron chi connectivity index (χ0n) is 19.0. The maximum Gasteiger partial charge on any atom is 0.332 e. The summed E-state index contributed by atoms with van der Waals surface area (Å²) in [6.07, 6.45) is 0. The van der Waals surface area contributed by atoms with Gasteiger partial charge in [0.25, 0.3) is 0 Å². The molecular weight excluding hydrogens is 523 g/mol. The summed E-state index contributed by atoms with van der Waals surface area (Å²) in [5.74, 6) is 0.662. The lowest BCUT2D eigenvalue weighted by Gasteiger charge is -2.14. The van der Waals surface area contributed by atoms with Gasteiger partial charge < -0.3 is 26.8 Å². The van der Waals surface area contributed by atoms with Crippen LogP contribution in [0.15, 0.2) is 77.7 Å². The molecule has 0 aliphatic heterocycles. The Morgan fingerprint density at radius 1 is 0.946 bits per heavy atom. The standard InChI is InChI=1S/C24H20ClFN6O4S/c25-15-4-1-3-14(11-15)21-20(31-23(28)32-22(21)27)13-36-18-9-7-16(8-10-18)29-24(33)30-17-5-2-6-19(12-17)37(26,34)35/h1-12H,13H2,(H2,29,30,33)(H4,27,28,31,32). The number of rotatable bonds is 7. The fourth-order valence-corrected chi connectivity index (χ4v) is 4.11. The number of hydrogen-bond donors (Lipinski definition) is 4. The van der Waals surface area contributed by atoms with Gasteiger partial charge in [-0.2, -0.15) is 13.4 Å². The number of benzene rings is 3. The maximum atomic E-state index is 13.2. The first-order chi connectivity index (χ1) is 17.6. The second kappa shape index (κ2) is 10.7. The lowest BCUT2D eigenvalue weighted by molar-refractivity contribution is 0.262. The second-order valence-corrected chi connectivity index (χ2v) is 9.44. The molecule has 4 aromatic rings. The lowest BCUT2D eigenvalue weighted by atomic mass is 10.0. The molecule has 10 nitrogen and oxygen atoms in total. The van der Waals surface area contributed by atoms with Crippen LogP contribution in [0.25, 0.3) is 11.1 Å². The first kappa shape index (κ1) is 25.7. The molecule has 3 aromatic carbocycles. The number of aromatic nitrogens is 2. The van der Waals surface area contributed by atoms with E-state index in [1.165, 1.54) is 12.1 Å². The summed E-state index contributed by atoms with van der Waals surface area (Å²) < 4.78 is 41.1. The van der Waals surface area contributed by atoms with E-state index in [-0.39, 0.29) is 24.1 Å². The number of nitrogens with one attached hydrogen (secondary N) is 2. The van der Waals surface area contributed by atoms with Crippen LogP contribution in [0.1, 0.15) is 5.69 Å². The normalized spacial score (nSPS) is 11.1. The zero-order chi connectivity index (χ0) is 26.6. The molecule has 0 fully saturated rings. The number of carbonyl (C=O) groups is 1. The molecule has 0 spiro atoms. The molecule has 37 heavy (non-hydrogen) atoms. The molecule has 190 valence electrons. The highest BCUT2D eigenvalue weighted by Crippen LogP contribution is 2.31. The average Bonchev–Trinajstić information content (AvgIpc) is 2.83. The molecule has 0 unspecified atom stereocenters. The Morgan fingerprint density at radius 2 is 1.65 bits per heavy atom. The van der Waals surface area contributed by atoms with Crippen LogP contribution < -0.4 is 26.8 Å². The SMILES string of the molecule is Nc1nc(N)c(-c2cccc(Cl)c2)c(COc2ccc(NC(=O)Nc3cccc(S(=O)(=O)F)c3)cc2)n1. The quantitative estimate of drug-likeness (QED) is 0.241. The smallest absolute Gasteiger partial charge is 0.332 e. The minimum absolute atomic E-state index is 0.00193. The molecule has 0 saturated heterocycles. The first-order valence-corrected chi connectivity index (χ1v) is 12.4. The van der Waals surface area contributed by atoms with Crippen LogP contribution in [0.5, 0.6) is 5.75 Å². The van der Waals surface area contributed by atoms with Gasteiger partial charge in [-0.15, -0.1) is 3.89 Å². The van der Waals surface area contributed by atoms with Crippen molar-refractivity contribution in [3.05, 3.63) is 83.5 Å². The average molecular weight is 543 g/mol. The zero-order valence-corrected chi connectivity index (χ0v) is 20.6. The molecule has 0 aliphatic rings. The summed E-state index contributed by atoms with van der Waals surface area (Å²) in [5.41, 5.74) is 14.1. The van der Waals surface area contributed by atoms with Crippen molar-refractivity contribution in [2.75, 3.05) is 22.1 Å². The molecule has 0 bridgehead atoms. The third kappa shape index (κ3) is 6.63. The largest absolute Gasteiger partial charge is 0.487 e. The summed E-state index contributed by atoms with van der Waals surface area (Å²) in [6.45, 7) is 0.0276. The number of nitrogens with two attached hydrogens (primary N) is 2. The number of halogens is 2. The van der Waals surface area contributed by atoms with E-state index < -0.39 is 21.1 Å². The number of carbonyl (C=O) groups excluding carboxylic acids is 1. The van der Waals surface area contributed by atoms with Crippen LogP contribution in [-0.2, 0) is 16.8 Å². The molecule has 0 radical (unpaired) electrons. The van der Waals surface area contributed by atoms with E-state index in [2.05, 4.69) is 20.6 Å². The van der Waals surface area contributed by atoms with Gasteiger partial charge in [-0.1, -0.05) is 29.8 Å². The minimum atomic E-state index is -4.89. The van der Waals surface area contributed by atoms with Gasteiger partial charge in [0.15, 0.2) is 0 Å². The summed E-state index contributed by atoms with van der Waals surface area (Å²) in [4.78, 5) is 20.0. The molecule has 0 atom stereocenters. The van der Waals surface area contributed by atoms with Gasteiger partial charge in [-0.05, 0) is 60.2 Å². The fourth-order valence-electron chi connectivity index (χ4n) is 3.41. The van der Waals surface area contributed by atoms with Crippen molar-refractivity contribution in [2.45, 2.75) is 11.5 Å². The van der Waals surface area contributed by atoms with Crippen molar-refractivity contribution in [3.8, 4) is 16.9 Å². The van der Waals surface area contributed by atoms with Gasteiger partial charge >= 0.3 is 16.3 Å². The Labute approximate surface area is 216 Å². The van der Waals surface area contributed by atoms with E-state index in [0.29, 0.717) is 33.3 Å². The van der Waals surface area contributed by atoms with Gasteiger partial charge in [0.2, 0.25) is 5.95 Å². The van der Waals surface area contributed by atoms with Crippen molar-refractivity contribution in [1.29, 1.82) is 0 Å². The Balaban J connectivity index is 1.42. The Morgan fingerprint density at radius 3 is 2.35 bits per heavy atom. The molecular formula is C24H20ClFN6O4S. The Bertz CT molecular complexity index is 1570. The molecule has 4 rings (SSSR count). The molecule has 1 aromatic heterocycles. The topological polar surface area (TPSA) is 162 Å². The number of nitrogen functional groups attached to an aromatic ring is 2. The van der Waals surface area contributed by atoms with Crippen molar-refractivity contribution < 1.29 is 21.8 Å². The molecule has 1 heterocycles. The van der Waals surface area contributed by atoms with Crippen molar-refractivity contribution >= 4 is 51.0 Å².